The molecule has 88 valence electrons. The maximum Gasteiger partial charge on any atom is 0.185 e. The third-order valence-corrected chi connectivity index (χ3v) is 3.36. The third kappa shape index (κ3) is 3.24. The summed E-state index contributed by atoms with van der Waals surface area (Å²) in [4.78, 5) is 10.5. The van der Waals surface area contributed by atoms with Gasteiger partial charge in [-0.15, -0.1) is 0 Å². The van der Waals surface area contributed by atoms with E-state index < -0.39 is 0 Å². The van der Waals surface area contributed by atoms with Gasteiger partial charge in [-0.25, -0.2) is 0 Å². The van der Waals surface area contributed by atoms with E-state index in [0.29, 0.717) is 5.76 Å². The molecule has 0 saturated carbocycles. The van der Waals surface area contributed by atoms with Gasteiger partial charge in [0.15, 0.2) is 17.1 Å². The Morgan fingerprint density at radius 1 is 1.18 bits per heavy atom. The summed E-state index contributed by atoms with van der Waals surface area (Å²) < 4.78 is 5.31. The topological polar surface area (TPSA) is 30.2 Å². The summed E-state index contributed by atoms with van der Waals surface area (Å²) in [6.07, 6.45) is 0.723. The van der Waals surface area contributed by atoms with Crippen molar-refractivity contribution in [1.29, 1.82) is 0 Å². The highest BCUT2D eigenvalue weighted by Gasteiger charge is 2.03. The van der Waals surface area contributed by atoms with Crippen LogP contribution in [-0.4, -0.2) is 6.29 Å². The highest BCUT2D eigenvalue weighted by molar-refractivity contribution is 7.98. The molecule has 0 atom stereocenters. The molecular formula is C14H14O2S. The Kier molecular flexibility index (Phi) is 3.69. The second kappa shape index (κ2) is 5.23. The van der Waals surface area contributed by atoms with E-state index in [0.717, 1.165) is 17.1 Å². The van der Waals surface area contributed by atoms with E-state index in [1.165, 1.54) is 16.7 Å². The van der Waals surface area contributed by atoms with E-state index in [1.807, 2.05) is 6.07 Å². The van der Waals surface area contributed by atoms with Gasteiger partial charge in [-0.1, -0.05) is 41.1 Å². The Morgan fingerprint density at radius 3 is 2.47 bits per heavy atom. The van der Waals surface area contributed by atoms with Gasteiger partial charge in [0.2, 0.25) is 0 Å². The van der Waals surface area contributed by atoms with E-state index in [2.05, 4.69) is 32.0 Å². The zero-order chi connectivity index (χ0) is 12.3. The number of furan rings is 1. The van der Waals surface area contributed by atoms with Crippen molar-refractivity contribution >= 4 is 18.0 Å². The third-order valence-electron chi connectivity index (χ3n) is 2.38. The van der Waals surface area contributed by atoms with E-state index in [9.17, 15) is 4.79 Å². The highest BCUT2D eigenvalue weighted by Crippen LogP contribution is 2.25. The molecule has 0 amide bonds. The molecule has 2 aromatic rings. The number of aldehydes is 1. The molecule has 0 spiro atoms. The van der Waals surface area contributed by atoms with Gasteiger partial charge in [-0.3, -0.25) is 4.79 Å². The van der Waals surface area contributed by atoms with Gasteiger partial charge < -0.3 is 4.42 Å². The number of hydrogen-bond donors (Lipinski definition) is 0. The van der Waals surface area contributed by atoms with Crippen LogP contribution in [-0.2, 0) is 5.75 Å². The molecule has 17 heavy (non-hydrogen) atoms. The van der Waals surface area contributed by atoms with Crippen molar-refractivity contribution in [3.05, 3.63) is 52.8 Å². The minimum atomic E-state index is 0.382. The van der Waals surface area contributed by atoms with Crippen molar-refractivity contribution in [2.75, 3.05) is 0 Å². The molecule has 0 aliphatic heterocycles. The molecule has 1 aromatic heterocycles. The SMILES string of the molecule is Cc1cc(C)cc(CSc2ccc(C=O)o2)c1. The second-order valence-corrected chi connectivity index (χ2v) is 5.04. The lowest BCUT2D eigenvalue weighted by Gasteiger charge is -2.03. The van der Waals surface area contributed by atoms with Crippen LogP contribution in [0.4, 0.5) is 0 Å². The molecule has 1 heterocycles. The maximum absolute atomic E-state index is 10.5. The van der Waals surface area contributed by atoms with Gasteiger partial charge in [0.25, 0.3) is 0 Å². The number of benzene rings is 1. The number of aryl methyl sites for hydroxylation is 2. The summed E-state index contributed by atoms with van der Waals surface area (Å²) in [6.45, 7) is 4.19. The molecule has 0 aliphatic rings. The van der Waals surface area contributed by atoms with Crippen LogP contribution in [0.1, 0.15) is 27.2 Å². The molecule has 2 rings (SSSR count). The van der Waals surface area contributed by atoms with Crippen LogP contribution < -0.4 is 0 Å². The van der Waals surface area contributed by atoms with Gasteiger partial charge in [0.1, 0.15) is 0 Å². The first-order valence-electron chi connectivity index (χ1n) is 5.42. The normalized spacial score (nSPS) is 10.5. The minimum Gasteiger partial charge on any atom is -0.447 e. The Bertz CT molecular complexity index is 509. The lowest BCUT2D eigenvalue weighted by atomic mass is 10.1. The van der Waals surface area contributed by atoms with E-state index in [1.54, 1.807) is 17.8 Å². The number of carbonyl (C=O) groups excluding carboxylic acids is 1. The maximum atomic E-state index is 10.5. The average Bonchev–Trinajstić information content (AvgIpc) is 2.73. The van der Waals surface area contributed by atoms with Gasteiger partial charge in [0, 0.05) is 5.75 Å². The van der Waals surface area contributed by atoms with Crippen molar-refractivity contribution in [1.82, 2.24) is 0 Å². The zero-order valence-corrected chi connectivity index (χ0v) is 10.7. The Balaban J connectivity index is 2.04. The van der Waals surface area contributed by atoms with Crippen molar-refractivity contribution in [3.63, 3.8) is 0 Å². The molecule has 3 heteroatoms. The van der Waals surface area contributed by atoms with Crippen molar-refractivity contribution in [3.8, 4) is 0 Å². The molecule has 0 fully saturated rings. The van der Waals surface area contributed by atoms with E-state index >= 15 is 0 Å². The van der Waals surface area contributed by atoms with Crippen LogP contribution in [0.2, 0.25) is 0 Å². The fraction of sp³-hybridized carbons (Fsp3) is 0.214. The Hall–Kier alpha value is -1.48. The number of hydrogen-bond acceptors (Lipinski definition) is 3. The van der Waals surface area contributed by atoms with Crippen LogP contribution >= 0.6 is 11.8 Å². The predicted molar refractivity (Wildman–Crippen MR) is 69.6 cm³/mol. The van der Waals surface area contributed by atoms with Gasteiger partial charge in [-0.2, -0.15) is 0 Å². The largest absolute Gasteiger partial charge is 0.447 e. The summed E-state index contributed by atoms with van der Waals surface area (Å²) >= 11 is 1.60. The first kappa shape index (κ1) is 12.0. The Morgan fingerprint density at radius 2 is 1.88 bits per heavy atom. The van der Waals surface area contributed by atoms with Gasteiger partial charge in [-0.05, 0) is 31.5 Å². The van der Waals surface area contributed by atoms with Crippen LogP contribution in [0.5, 0.6) is 0 Å². The van der Waals surface area contributed by atoms with Crippen LogP contribution in [0.15, 0.2) is 39.8 Å². The highest BCUT2D eigenvalue weighted by atomic mass is 32.2. The van der Waals surface area contributed by atoms with E-state index in [-0.39, 0.29) is 0 Å². The lowest BCUT2D eigenvalue weighted by molar-refractivity contribution is 0.109. The molecule has 0 radical (unpaired) electrons. The molecule has 1 aromatic carbocycles. The molecule has 2 nitrogen and oxygen atoms in total. The fourth-order valence-corrected chi connectivity index (χ4v) is 2.58. The van der Waals surface area contributed by atoms with Crippen molar-refractivity contribution < 1.29 is 9.21 Å². The van der Waals surface area contributed by atoms with Gasteiger partial charge in [0.05, 0.1) is 0 Å². The molecule has 0 aliphatic carbocycles. The fourth-order valence-electron chi connectivity index (χ4n) is 1.78. The summed E-state index contributed by atoms with van der Waals surface area (Å²) in [5.74, 6) is 1.24. The summed E-state index contributed by atoms with van der Waals surface area (Å²) in [6, 6.07) is 10.0. The number of rotatable bonds is 4. The summed E-state index contributed by atoms with van der Waals surface area (Å²) in [5, 5.41) is 0.784. The van der Waals surface area contributed by atoms with Crippen LogP contribution in [0.25, 0.3) is 0 Å². The number of carbonyl (C=O) groups is 1. The molecule has 0 unspecified atom stereocenters. The average molecular weight is 246 g/mol. The second-order valence-electron chi connectivity index (χ2n) is 4.06. The van der Waals surface area contributed by atoms with Gasteiger partial charge >= 0.3 is 0 Å². The van der Waals surface area contributed by atoms with Crippen molar-refractivity contribution in [2.45, 2.75) is 24.7 Å². The summed E-state index contributed by atoms with van der Waals surface area (Å²) in [5.41, 5.74) is 3.82. The molecule has 0 saturated heterocycles. The predicted octanol–water partition coefficient (Wildman–Crippen LogP) is 4.00. The van der Waals surface area contributed by atoms with Crippen molar-refractivity contribution in [2.24, 2.45) is 0 Å². The van der Waals surface area contributed by atoms with E-state index in [4.69, 9.17) is 4.42 Å². The lowest BCUT2D eigenvalue weighted by Crippen LogP contribution is -1.84. The molecule has 0 bridgehead atoms. The van der Waals surface area contributed by atoms with Crippen LogP contribution in [0.3, 0.4) is 0 Å². The molecular weight excluding hydrogens is 232 g/mol. The first-order chi connectivity index (χ1) is 8.17. The number of thioether (sulfide) groups is 1. The standard InChI is InChI=1S/C14H14O2S/c1-10-5-11(2)7-12(6-10)9-17-14-4-3-13(8-15)16-14/h3-8H,9H2,1-2H3. The molecule has 0 N–H and O–H groups in total. The minimum absolute atomic E-state index is 0.382. The summed E-state index contributed by atoms with van der Waals surface area (Å²) in [7, 11) is 0. The zero-order valence-electron chi connectivity index (χ0n) is 9.90. The smallest absolute Gasteiger partial charge is 0.185 e. The van der Waals surface area contributed by atoms with Crippen LogP contribution in [0, 0.1) is 13.8 Å². The Labute approximate surface area is 105 Å². The monoisotopic (exact) mass is 246 g/mol. The first-order valence-corrected chi connectivity index (χ1v) is 6.41. The quantitative estimate of drug-likeness (QED) is 0.603.